The minimum absolute atomic E-state index is 0.00491. The van der Waals surface area contributed by atoms with Gasteiger partial charge >= 0.3 is 6.18 Å². The molecule has 3 aliphatic rings. The molecule has 1 fully saturated rings. The topological polar surface area (TPSA) is 77.5 Å². The fraction of sp³-hybridized carbons (Fsp3) is 0.250. The maximum atomic E-state index is 12.9. The van der Waals surface area contributed by atoms with Crippen LogP contribution in [0.1, 0.15) is 41.0 Å². The number of rotatable bonds is 6. The average Bonchev–Trinajstić information content (AvgIpc) is 3.38. The Morgan fingerprint density at radius 3 is 2.86 bits per heavy atom. The van der Waals surface area contributed by atoms with E-state index in [9.17, 15) is 22.8 Å². The summed E-state index contributed by atoms with van der Waals surface area (Å²) in [5.74, 6) is 2.35. The van der Waals surface area contributed by atoms with Crippen LogP contribution in [0.2, 0.25) is 0 Å². The van der Waals surface area contributed by atoms with Crippen LogP contribution in [0.15, 0.2) is 60.8 Å². The summed E-state index contributed by atoms with van der Waals surface area (Å²) in [5.41, 5.74) is 1.39. The maximum Gasteiger partial charge on any atom is 0.416 e. The number of nitrogens with zero attached hydrogens (tertiary/aromatic N) is 1. The van der Waals surface area contributed by atoms with E-state index in [-0.39, 0.29) is 36.1 Å². The van der Waals surface area contributed by atoms with Gasteiger partial charge < -0.3 is 14.8 Å². The number of anilines is 1. The van der Waals surface area contributed by atoms with Gasteiger partial charge in [-0.25, -0.2) is 4.98 Å². The number of hydrogen-bond donors (Lipinski definition) is 1. The molecule has 3 aromatic rings. The quantitative estimate of drug-likeness (QED) is 0.420. The van der Waals surface area contributed by atoms with Gasteiger partial charge in [0, 0.05) is 42.0 Å². The molecule has 37 heavy (non-hydrogen) atoms. The first-order chi connectivity index (χ1) is 17.8. The molecule has 3 heterocycles. The molecule has 6 nitrogen and oxygen atoms in total. The summed E-state index contributed by atoms with van der Waals surface area (Å²) in [7, 11) is 0. The van der Waals surface area contributed by atoms with Gasteiger partial charge in [0.1, 0.15) is 29.2 Å². The Bertz CT molecular complexity index is 1450. The highest BCUT2D eigenvalue weighted by Crippen LogP contribution is 2.60. The molecule has 188 valence electrons. The number of carbonyl (C=O) groups is 2. The highest BCUT2D eigenvalue weighted by atomic mass is 19.4. The Labute approximate surface area is 210 Å². The van der Waals surface area contributed by atoms with E-state index >= 15 is 0 Å². The number of halogens is 3. The zero-order chi connectivity index (χ0) is 25.7. The lowest BCUT2D eigenvalue weighted by atomic mass is 10.0. The van der Waals surface area contributed by atoms with Crippen LogP contribution in [0.3, 0.4) is 0 Å². The number of amides is 1. The SMILES string of the molecule is O=C(/C=C/c1cccc(C(F)(F)F)c1)C[C@@H]1[C@H]2Oc3ccc(Oc4ccnc5c4CCC(=O)N5)cc3[C@@H]12. The third-order valence-electron chi connectivity index (χ3n) is 6.91. The number of pyridine rings is 1. The fourth-order valence-corrected chi connectivity index (χ4v) is 5.05. The number of carbonyl (C=O) groups excluding carboxylic acids is 2. The lowest BCUT2D eigenvalue weighted by Gasteiger charge is -2.19. The zero-order valence-electron chi connectivity index (χ0n) is 19.4. The molecule has 2 aliphatic heterocycles. The van der Waals surface area contributed by atoms with E-state index in [0.29, 0.717) is 35.7 Å². The number of allylic oxidation sites excluding steroid dienone is 1. The van der Waals surface area contributed by atoms with Gasteiger partial charge in [-0.3, -0.25) is 9.59 Å². The fourth-order valence-electron chi connectivity index (χ4n) is 5.05. The van der Waals surface area contributed by atoms with Crippen LogP contribution in [0.5, 0.6) is 17.2 Å². The number of benzene rings is 2. The van der Waals surface area contributed by atoms with Crippen molar-refractivity contribution in [3.63, 3.8) is 0 Å². The molecule has 3 atom stereocenters. The van der Waals surface area contributed by atoms with Crippen molar-refractivity contribution in [1.82, 2.24) is 4.98 Å². The van der Waals surface area contributed by atoms with Gasteiger partial charge in [-0.15, -0.1) is 0 Å². The van der Waals surface area contributed by atoms with Crippen LogP contribution in [-0.4, -0.2) is 22.8 Å². The summed E-state index contributed by atoms with van der Waals surface area (Å²) < 4.78 is 50.9. The van der Waals surface area contributed by atoms with Crippen molar-refractivity contribution in [3.8, 4) is 17.2 Å². The Hall–Kier alpha value is -4.14. The van der Waals surface area contributed by atoms with Gasteiger partial charge in [0.25, 0.3) is 0 Å². The molecule has 1 aromatic heterocycles. The van der Waals surface area contributed by atoms with Crippen LogP contribution >= 0.6 is 0 Å². The summed E-state index contributed by atoms with van der Waals surface area (Å²) in [4.78, 5) is 28.4. The molecule has 1 N–H and O–H groups in total. The first-order valence-corrected chi connectivity index (χ1v) is 11.9. The van der Waals surface area contributed by atoms with E-state index < -0.39 is 11.7 Å². The molecule has 6 rings (SSSR count). The predicted octanol–water partition coefficient (Wildman–Crippen LogP) is 5.92. The van der Waals surface area contributed by atoms with Crippen molar-refractivity contribution >= 4 is 23.6 Å². The monoisotopic (exact) mass is 506 g/mol. The predicted molar refractivity (Wildman–Crippen MR) is 128 cm³/mol. The molecule has 0 spiro atoms. The third kappa shape index (κ3) is 4.57. The standard InChI is InChI=1S/C28H21F3N2O4/c29-28(30,31)16-3-1-2-15(12-16)4-5-17(34)13-21-25-20-14-18(6-8-22(20)37-26(21)25)36-23-10-11-32-27-19(23)7-9-24(35)33-27/h1-6,8,10-12,14,21,25-26H,7,9,13H2,(H,32,33,35)/b5-4+/t21-,25-,26+/m0/s1. The van der Waals surface area contributed by atoms with Crippen LogP contribution in [0, 0.1) is 5.92 Å². The smallest absolute Gasteiger partial charge is 0.416 e. The number of fused-ring (bicyclic) bond motifs is 4. The van der Waals surface area contributed by atoms with E-state index in [2.05, 4.69) is 10.3 Å². The molecular weight excluding hydrogens is 485 g/mol. The van der Waals surface area contributed by atoms with Crippen molar-refractivity contribution in [1.29, 1.82) is 0 Å². The van der Waals surface area contributed by atoms with Gasteiger partial charge in [0.05, 0.1) is 5.56 Å². The van der Waals surface area contributed by atoms with Crippen LogP contribution < -0.4 is 14.8 Å². The van der Waals surface area contributed by atoms with E-state index in [1.165, 1.54) is 24.3 Å². The van der Waals surface area contributed by atoms with Gasteiger partial charge in [0.15, 0.2) is 5.78 Å². The third-order valence-corrected chi connectivity index (χ3v) is 6.91. The summed E-state index contributed by atoms with van der Waals surface area (Å²) >= 11 is 0. The summed E-state index contributed by atoms with van der Waals surface area (Å²) in [6, 6.07) is 12.2. The molecule has 1 saturated carbocycles. The highest BCUT2D eigenvalue weighted by Gasteiger charge is 2.58. The minimum Gasteiger partial charge on any atom is -0.489 e. The van der Waals surface area contributed by atoms with Gasteiger partial charge in [-0.2, -0.15) is 13.2 Å². The van der Waals surface area contributed by atoms with Crippen molar-refractivity contribution in [2.45, 2.75) is 37.5 Å². The first kappa shape index (κ1) is 23.3. The summed E-state index contributed by atoms with van der Waals surface area (Å²) in [6.07, 6.45) is 0.952. The molecular formula is C28H21F3N2O4. The molecule has 0 unspecified atom stereocenters. The molecule has 9 heteroatoms. The van der Waals surface area contributed by atoms with Crippen molar-refractivity contribution < 1.29 is 32.2 Å². The average molecular weight is 506 g/mol. The second-order valence-electron chi connectivity index (χ2n) is 9.39. The first-order valence-electron chi connectivity index (χ1n) is 11.9. The molecule has 0 bridgehead atoms. The number of ether oxygens (including phenoxy) is 2. The van der Waals surface area contributed by atoms with Crippen molar-refractivity contribution in [3.05, 3.63) is 83.1 Å². The Morgan fingerprint density at radius 1 is 1.16 bits per heavy atom. The number of nitrogens with one attached hydrogen (secondary N) is 1. The van der Waals surface area contributed by atoms with E-state index in [4.69, 9.17) is 9.47 Å². The molecule has 0 saturated heterocycles. The van der Waals surface area contributed by atoms with Crippen LogP contribution in [0.4, 0.5) is 19.0 Å². The zero-order valence-corrected chi connectivity index (χ0v) is 19.4. The van der Waals surface area contributed by atoms with E-state index in [1.54, 1.807) is 12.3 Å². The normalized spacial score (nSPS) is 21.5. The maximum absolute atomic E-state index is 12.9. The van der Waals surface area contributed by atoms with Gasteiger partial charge in [0.2, 0.25) is 5.91 Å². The summed E-state index contributed by atoms with van der Waals surface area (Å²) in [5, 5.41) is 2.76. The largest absolute Gasteiger partial charge is 0.489 e. The van der Waals surface area contributed by atoms with E-state index in [0.717, 1.165) is 29.0 Å². The van der Waals surface area contributed by atoms with Gasteiger partial charge in [-0.1, -0.05) is 18.2 Å². The Kier molecular flexibility index (Phi) is 5.51. The highest BCUT2D eigenvalue weighted by molar-refractivity contribution is 5.94. The van der Waals surface area contributed by atoms with Gasteiger partial charge in [-0.05, 0) is 54.5 Å². The molecule has 1 aliphatic carbocycles. The number of hydrogen-bond acceptors (Lipinski definition) is 5. The lowest BCUT2D eigenvalue weighted by Crippen LogP contribution is -2.20. The minimum atomic E-state index is -4.43. The van der Waals surface area contributed by atoms with Crippen LogP contribution in [-0.2, 0) is 22.2 Å². The molecule has 1 amide bonds. The second-order valence-corrected chi connectivity index (χ2v) is 9.39. The summed E-state index contributed by atoms with van der Waals surface area (Å²) in [6.45, 7) is 0. The van der Waals surface area contributed by atoms with Crippen LogP contribution in [0.25, 0.3) is 6.08 Å². The van der Waals surface area contributed by atoms with E-state index in [1.807, 2.05) is 18.2 Å². The molecule has 2 aromatic carbocycles. The lowest BCUT2D eigenvalue weighted by molar-refractivity contribution is -0.137. The molecule has 0 radical (unpaired) electrons. The number of ketones is 1. The number of aromatic nitrogens is 1. The van der Waals surface area contributed by atoms with Crippen molar-refractivity contribution in [2.75, 3.05) is 5.32 Å². The van der Waals surface area contributed by atoms with Crippen molar-refractivity contribution in [2.24, 2.45) is 5.92 Å². The Morgan fingerprint density at radius 2 is 2.03 bits per heavy atom. The number of alkyl halides is 3. The Balaban J connectivity index is 1.12. The second kappa shape index (κ2) is 8.76.